The van der Waals surface area contributed by atoms with Crippen LogP contribution in [0.3, 0.4) is 0 Å². The molecule has 1 heterocycles. The van der Waals surface area contributed by atoms with E-state index in [0.29, 0.717) is 5.02 Å². The Balaban J connectivity index is 1.74. The lowest BCUT2D eigenvalue weighted by molar-refractivity contribution is -0.143. The van der Waals surface area contributed by atoms with Crippen molar-refractivity contribution in [3.63, 3.8) is 0 Å². The molecule has 1 aromatic carbocycles. The average Bonchev–Trinajstić information content (AvgIpc) is 2.43. The van der Waals surface area contributed by atoms with E-state index in [0.717, 1.165) is 48.1 Å². The van der Waals surface area contributed by atoms with Crippen LogP contribution in [0.15, 0.2) is 23.1 Å². The Morgan fingerprint density at radius 2 is 2.05 bits per heavy atom. The number of hydrogen-bond donors (Lipinski definition) is 1. The van der Waals surface area contributed by atoms with Crippen LogP contribution in [0.4, 0.5) is 0 Å². The number of likely N-dealkylation sites (tertiary alicyclic amines) is 1. The Morgan fingerprint density at radius 3 is 2.70 bits per heavy atom. The van der Waals surface area contributed by atoms with E-state index in [1.54, 1.807) is 17.8 Å². The molecule has 0 spiro atoms. The van der Waals surface area contributed by atoms with E-state index in [4.69, 9.17) is 28.3 Å². The summed E-state index contributed by atoms with van der Waals surface area (Å²) in [5.74, 6) is 0.101. The van der Waals surface area contributed by atoms with Crippen LogP contribution >= 0.6 is 35.0 Å². The molecule has 1 saturated heterocycles. The first kappa shape index (κ1) is 16.0. The lowest BCUT2D eigenvalue weighted by atomic mass is 9.97. The van der Waals surface area contributed by atoms with Gasteiger partial charge in [0.05, 0.1) is 10.9 Å². The van der Waals surface area contributed by atoms with Crippen LogP contribution in [0, 0.1) is 5.92 Å². The van der Waals surface area contributed by atoms with Gasteiger partial charge in [0.15, 0.2) is 0 Å². The largest absolute Gasteiger partial charge is 0.481 e. The molecule has 0 bridgehead atoms. The smallest absolute Gasteiger partial charge is 0.306 e. The summed E-state index contributed by atoms with van der Waals surface area (Å²) in [5, 5.41) is 10.4. The molecule has 0 aliphatic carbocycles. The van der Waals surface area contributed by atoms with Crippen molar-refractivity contribution in [1.82, 2.24) is 4.90 Å². The van der Waals surface area contributed by atoms with E-state index in [2.05, 4.69) is 4.90 Å². The molecule has 0 radical (unpaired) electrons. The molecular weight excluding hydrogens is 317 g/mol. The lowest BCUT2D eigenvalue weighted by Gasteiger charge is -2.29. The Hall–Kier alpha value is -0.420. The fraction of sp³-hybridized carbons (Fsp3) is 0.500. The Labute approximate surface area is 133 Å². The van der Waals surface area contributed by atoms with E-state index >= 15 is 0 Å². The second kappa shape index (κ2) is 7.55. The van der Waals surface area contributed by atoms with Crippen molar-refractivity contribution in [1.29, 1.82) is 0 Å². The molecule has 1 aliphatic rings. The number of nitrogens with zero attached hydrogens (tertiary/aromatic N) is 1. The van der Waals surface area contributed by atoms with Crippen molar-refractivity contribution in [2.24, 2.45) is 5.92 Å². The van der Waals surface area contributed by atoms with Crippen LogP contribution in [0.5, 0.6) is 0 Å². The Kier molecular flexibility index (Phi) is 6.02. The van der Waals surface area contributed by atoms with Gasteiger partial charge in [0.2, 0.25) is 0 Å². The first-order valence-electron chi connectivity index (χ1n) is 6.59. The average molecular weight is 334 g/mol. The summed E-state index contributed by atoms with van der Waals surface area (Å²) < 4.78 is 0. The van der Waals surface area contributed by atoms with Crippen LogP contribution < -0.4 is 0 Å². The number of rotatable bonds is 5. The number of carbonyl (C=O) groups is 1. The molecular formula is C14H17Cl2NO2S. The fourth-order valence-electron chi connectivity index (χ4n) is 2.28. The van der Waals surface area contributed by atoms with E-state index in [9.17, 15) is 4.79 Å². The maximum Gasteiger partial charge on any atom is 0.306 e. The molecule has 110 valence electrons. The SMILES string of the molecule is O=C(O)C1CCN(CCSc2cc(Cl)ccc2Cl)CC1. The van der Waals surface area contributed by atoms with Crippen molar-refractivity contribution in [2.45, 2.75) is 17.7 Å². The zero-order valence-electron chi connectivity index (χ0n) is 11.0. The van der Waals surface area contributed by atoms with Crippen molar-refractivity contribution in [2.75, 3.05) is 25.4 Å². The monoisotopic (exact) mass is 333 g/mol. The normalized spacial score (nSPS) is 17.3. The number of hydrogen-bond acceptors (Lipinski definition) is 3. The summed E-state index contributed by atoms with van der Waals surface area (Å²) in [6, 6.07) is 5.47. The first-order chi connectivity index (χ1) is 9.56. The minimum Gasteiger partial charge on any atom is -0.481 e. The van der Waals surface area contributed by atoms with Gasteiger partial charge in [-0.2, -0.15) is 0 Å². The molecule has 0 aromatic heterocycles. The molecule has 0 unspecified atom stereocenters. The van der Waals surface area contributed by atoms with E-state index < -0.39 is 5.97 Å². The second-order valence-electron chi connectivity index (χ2n) is 4.88. The molecule has 3 nitrogen and oxygen atoms in total. The second-order valence-corrected chi connectivity index (χ2v) is 6.86. The first-order valence-corrected chi connectivity index (χ1v) is 8.33. The van der Waals surface area contributed by atoms with E-state index in [1.165, 1.54) is 0 Å². The fourth-order valence-corrected chi connectivity index (χ4v) is 3.78. The van der Waals surface area contributed by atoms with Gasteiger partial charge in [0.25, 0.3) is 0 Å². The number of benzene rings is 1. The molecule has 1 fully saturated rings. The number of thioether (sulfide) groups is 1. The van der Waals surface area contributed by atoms with Gasteiger partial charge in [-0.05, 0) is 44.1 Å². The molecule has 20 heavy (non-hydrogen) atoms. The number of aliphatic carboxylic acids is 1. The third kappa shape index (κ3) is 4.55. The highest BCUT2D eigenvalue weighted by Crippen LogP contribution is 2.30. The van der Waals surface area contributed by atoms with E-state index in [1.807, 2.05) is 12.1 Å². The number of carboxylic acids is 1. The van der Waals surface area contributed by atoms with Crippen LogP contribution in [0.25, 0.3) is 0 Å². The van der Waals surface area contributed by atoms with Crippen molar-refractivity contribution >= 4 is 40.9 Å². The summed E-state index contributed by atoms with van der Waals surface area (Å²) in [6.45, 7) is 2.67. The third-order valence-electron chi connectivity index (χ3n) is 3.50. The molecule has 0 amide bonds. The Morgan fingerprint density at radius 1 is 1.35 bits per heavy atom. The molecule has 0 atom stereocenters. The summed E-state index contributed by atoms with van der Waals surface area (Å²) in [4.78, 5) is 14.2. The number of halogens is 2. The summed E-state index contributed by atoms with van der Waals surface area (Å²) in [7, 11) is 0. The van der Waals surface area contributed by atoms with Crippen LogP contribution in [0.1, 0.15) is 12.8 Å². The number of carboxylic acid groups (broad SMARTS) is 1. The lowest BCUT2D eigenvalue weighted by Crippen LogP contribution is -2.37. The highest BCUT2D eigenvalue weighted by Gasteiger charge is 2.23. The summed E-state index contributed by atoms with van der Waals surface area (Å²) in [6.07, 6.45) is 1.50. The van der Waals surface area contributed by atoms with E-state index in [-0.39, 0.29) is 5.92 Å². The zero-order valence-corrected chi connectivity index (χ0v) is 13.3. The highest BCUT2D eigenvalue weighted by molar-refractivity contribution is 7.99. The molecule has 6 heteroatoms. The molecule has 1 aliphatic heterocycles. The predicted octanol–water partition coefficient (Wildman–Crippen LogP) is 3.88. The predicted molar refractivity (Wildman–Crippen MR) is 84.0 cm³/mol. The number of piperidine rings is 1. The van der Waals surface area contributed by atoms with Gasteiger partial charge in [-0.1, -0.05) is 23.2 Å². The van der Waals surface area contributed by atoms with Gasteiger partial charge in [-0.25, -0.2) is 0 Å². The minimum absolute atomic E-state index is 0.165. The van der Waals surface area contributed by atoms with Gasteiger partial charge in [-0.3, -0.25) is 4.79 Å². The van der Waals surface area contributed by atoms with Crippen molar-refractivity contribution < 1.29 is 9.90 Å². The van der Waals surface area contributed by atoms with Crippen LogP contribution in [0.2, 0.25) is 10.0 Å². The maximum atomic E-state index is 10.9. The van der Waals surface area contributed by atoms with Crippen LogP contribution in [-0.2, 0) is 4.79 Å². The van der Waals surface area contributed by atoms with Crippen molar-refractivity contribution in [3.05, 3.63) is 28.2 Å². The minimum atomic E-state index is -0.662. The molecule has 0 saturated carbocycles. The van der Waals surface area contributed by atoms with Gasteiger partial charge < -0.3 is 10.0 Å². The van der Waals surface area contributed by atoms with Gasteiger partial charge in [-0.15, -0.1) is 11.8 Å². The van der Waals surface area contributed by atoms with Crippen molar-refractivity contribution in [3.8, 4) is 0 Å². The van der Waals surface area contributed by atoms with Crippen LogP contribution in [-0.4, -0.2) is 41.4 Å². The van der Waals surface area contributed by atoms with Gasteiger partial charge in [0, 0.05) is 22.2 Å². The molecule has 1 N–H and O–H groups in total. The standard InChI is InChI=1S/C14H17Cl2NO2S/c15-11-1-2-12(16)13(9-11)20-8-7-17-5-3-10(4-6-17)14(18)19/h1-2,9-10H,3-8H2,(H,18,19). The zero-order chi connectivity index (χ0) is 14.5. The quantitative estimate of drug-likeness (QED) is 0.830. The third-order valence-corrected chi connectivity index (χ3v) is 5.21. The van der Waals surface area contributed by atoms with Gasteiger partial charge in [0.1, 0.15) is 0 Å². The van der Waals surface area contributed by atoms with Gasteiger partial charge >= 0.3 is 5.97 Å². The Bertz CT molecular complexity index is 476. The molecule has 2 rings (SSSR count). The topological polar surface area (TPSA) is 40.5 Å². The molecule has 1 aromatic rings. The summed E-state index contributed by atoms with van der Waals surface area (Å²) in [5.41, 5.74) is 0. The maximum absolute atomic E-state index is 10.9. The highest BCUT2D eigenvalue weighted by atomic mass is 35.5. The summed E-state index contributed by atoms with van der Waals surface area (Å²) >= 11 is 13.8.